The number of rotatable bonds is 1. The van der Waals surface area contributed by atoms with Gasteiger partial charge in [0.05, 0.1) is 22.9 Å². The molecular formula is C12H12N6. The number of aromatic nitrogens is 4. The van der Waals surface area contributed by atoms with Crippen LogP contribution in [0.5, 0.6) is 0 Å². The minimum Gasteiger partial charge on any atom is -0.384 e. The molecule has 6 heteroatoms. The van der Waals surface area contributed by atoms with Gasteiger partial charge in [-0.1, -0.05) is 6.07 Å². The zero-order valence-corrected chi connectivity index (χ0v) is 9.83. The summed E-state index contributed by atoms with van der Waals surface area (Å²) >= 11 is 0. The molecule has 18 heavy (non-hydrogen) atoms. The summed E-state index contributed by atoms with van der Waals surface area (Å²) in [6.45, 7) is 0. The lowest BCUT2D eigenvalue weighted by Crippen LogP contribution is -1.96. The monoisotopic (exact) mass is 240 g/mol. The Morgan fingerprint density at radius 3 is 2.67 bits per heavy atom. The number of hydrogen-bond donors (Lipinski definition) is 2. The van der Waals surface area contributed by atoms with Gasteiger partial charge in [0.15, 0.2) is 0 Å². The summed E-state index contributed by atoms with van der Waals surface area (Å²) in [5.41, 5.74) is 14.7. The topological polar surface area (TPSA) is 95.6 Å². The predicted molar refractivity (Wildman–Crippen MR) is 70.6 cm³/mol. The Labute approximate surface area is 103 Å². The van der Waals surface area contributed by atoms with E-state index in [1.807, 2.05) is 24.3 Å². The number of hydrogen-bond acceptors (Lipinski definition) is 5. The van der Waals surface area contributed by atoms with Gasteiger partial charge in [-0.15, -0.1) is 0 Å². The van der Waals surface area contributed by atoms with Gasteiger partial charge in [0.25, 0.3) is 0 Å². The Bertz CT molecular complexity index is 711. The van der Waals surface area contributed by atoms with Crippen LogP contribution in [0.4, 0.5) is 11.6 Å². The van der Waals surface area contributed by atoms with E-state index in [-0.39, 0.29) is 0 Å². The van der Waals surface area contributed by atoms with Gasteiger partial charge in [0.1, 0.15) is 11.6 Å². The smallest absolute Gasteiger partial charge is 0.142 e. The highest BCUT2D eigenvalue weighted by atomic mass is 15.3. The third-order valence-corrected chi connectivity index (χ3v) is 2.77. The SMILES string of the molecule is Cn1nc(-c2ccc3nc(N)cnc3c2)cc1N. The Morgan fingerprint density at radius 1 is 1.11 bits per heavy atom. The first-order valence-corrected chi connectivity index (χ1v) is 5.45. The lowest BCUT2D eigenvalue weighted by atomic mass is 10.1. The van der Waals surface area contributed by atoms with Gasteiger partial charge in [-0.05, 0) is 12.1 Å². The molecule has 0 bridgehead atoms. The van der Waals surface area contributed by atoms with E-state index in [0.717, 1.165) is 22.3 Å². The van der Waals surface area contributed by atoms with Crippen LogP contribution in [0.2, 0.25) is 0 Å². The van der Waals surface area contributed by atoms with Gasteiger partial charge in [0, 0.05) is 18.7 Å². The van der Waals surface area contributed by atoms with Gasteiger partial charge < -0.3 is 11.5 Å². The molecule has 90 valence electrons. The molecule has 0 aliphatic rings. The second-order valence-corrected chi connectivity index (χ2v) is 4.08. The number of nitrogens with zero attached hydrogens (tertiary/aromatic N) is 4. The summed E-state index contributed by atoms with van der Waals surface area (Å²) in [5.74, 6) is 1.03. The summed E-state index contributed by atoms with van der Waals surface area (Å²) in [7, 11) is 1.81. The van der Waals surface area contributed by atoms with Crippen LogP contribution >= 0.6 is 0 Å². The number of fused-ring (bicyclic) bond motifs is 1. The van der Waals surface area contributed by atoms with Crippen molar-refractivity contribution in [1.82, 2.24) is 19.7 Å². The first kappa shape index (κ1) is 10.5. The molecule has 2 aromatic heterocycles. The van der Waals surface area contributed by atoms with Crippen molar-refractivity contribution in [3.8, 4) is 11.3 Å². The van der Waals surface area contributed by atoms with Crippen LogP contribution in [0.15, 0.2) is 30.5 Å². The van der Waals surface area contributed by atoms with Crippen molar-refractivity contribution in [1.29, 1.82) is 0 Å². The van der Waals surface area contributed by atoms with Gasteiger partial charge in [-0.2, -0.15) is 5.10 Å². The lowest BCUT2D eigenvalue weighted by Gasteiger charge is -2.00. The molecule has 4 N–H and O–H groups in total. The minimum atomic E-state index is 0.414. The number of nitrogen functional groups attached to an aromatic ring is 2. The molecule has 3 aromatic rings. The molecule has 0 radical (unpaired) electrons. The number of nitrogens with two attached hydrogens (primary N) is 2. The number of benzene rings is 1. The Morgan fingerprint density at radius 2 is 1.94 bits per heavy atom. The maximum Gasteiger partial charge on any atom is 0.142 e. The molecule has 0 aliphatic heterocycles. The molecule has 0 aliphatic carbocycles. The second-order valence-electron chi connectivity index (χ2n) is 4.08. The zero-order chi connectivity index (χ0) is 12.7. The van der Waals surface area contributed by atoms with Crippen molar-refractivity contribution in [3.05, 3.63) is 30.5 Å². The number of aryl methyl sites for hydroxylation is 1. The fourth-order valence-corrected chi connectivity index (χ4v) is 1.81. The highest BCUT2D eigenvalue weighted by molar-refractivity contribution is 5.81. The van der Waals surface area contributed by atoms with Crippen molar-refractivity contribution in [3.63, 3.8) is 0 Å². The quantitative estimate of drug-likeness (QED) is 0.666. The third-order valence-electron chi connectivity index (χ3n) is 2.77. The predicted octanol–water partition coefficient (Wildman–Crippen LogP) is 1.19. The first-order valence-electron chi connectivity index (χ1n) is 5.45. The van der Waals surface area contributed by atoms with E-state index >= 15 is 0 Å². The van der Waals surface area contributed by atoms with Crippen molar-refractivity contribution in [2.75, 3.05) is 11.5 Å². The molecule has 2 heterocycles. The van der Waals surface area contributed by atoms with Crippen LogP contribution in [0.25, 0.3) is 22.3 Å². The average molecular weight is 240 g/mol. The Balaban J connectivity index is 2.16. The van der Waals surface area contributed by atoms with Gasteiger partial charge in [-0.25, -0.2) is 4.98 Å². The van der Waals surface area contributed by atoms with Crippen LogP contribution in [0.3, 0.4) is 0 Å². The molecule has 0 fully saturated rings. The van der Waals surface area contributed by atoms with Crippen molar-refractivity contribution < 1.29 is 0 Å². The van der Waals surface area contributed by atoms with Crippen molar-refractivity contribution in [2.45, 2.75) is 0 Å². The molecule has 6 nitrogen and oxygen atoms in total. The molecule has 0 amide bonds. The largest absolute Gasteiger partial charge is 0.384 e. The average Bonchev–Trinajstić information content (AvgIpc) is 2.69. The molecule has 1 aromatic carbocycles. The Hall–Kier alpha value is -2.63. The van der Waals surface area contributed by atoms with Crippen LogP contribution in [0.1, 0.15) is 0 Å². The maximum absolute atomic E-state index is 5.77. The van der Waals surface area contributed by atoms with Gasteiger partial charge in [-0.3, -0.25) is 9.67 Å². The molecule has 0 spiro atoms. The maximum atomic E-state index is 5.77. The third kappa shape index (κ3) is 1.64. The second kappa shape index (κ2) is 3.69. The van der Waals surface area contributed by atoms with Crippen LogP contribution in [-0.4, -0.2) is 19.7 Å². The molecule has 3 rings (SSSR count). The highest BCUT2D eigenvalue weighted by Crippen LogP contribution is 2.23. The lowest BCUT2D eigenvalue weighted by molar-refractivity contribution is 0.782. The number of anilines is 2. The minimum absolute atomic E-state index is 0.414. The van der Waals surface area contributed by atoms with E-state index < -0.39 is 0 Å². The normalized spacial score (nSPS) is 10.9. The molecule has 0 saturated carbocycles. The van der Waals surface area contributed by atoms with Gasteiger partial charge in [0.2, 0.25) is 0 Å². The van der Waals surface area contributed by atoms with E-state index in [1.54, 1.807) is 17.9 Å². The van der Waals surface area contributed by atoms with Crippen LogP contribution < -0.4 is 11.5 Å². The summed E-state index contributed by atoms with van der Waals surface area (Å²) < 4.78 is 1.63. The van der Waals surface area contributed by atoms with E-state index in [9.17, 15) is 0 Å². The van der Waals surface area contributed by atoms with E-state index in [0.29, 0.717) is 11.6 Å². The van der Waals surface area contributed by atoms with Crippen molar-refractivity contribution in [2.24, 2.45) is 7.05 Å². The molecular weight excluding hydrogens is 228 g/mol. The molecule has 0 saturated heterocycles. The zero-order valence-electron chi connectivity index (χ0n) is 9.83. The standard InChI is InChI=1S/C12H12N6/c1-18-12(14)5-9(17-18)7-2-3-8-10(4-7)15-6-11(13)16-8/h2-6H,14H2,1H3,(H2,13,16). The summed E-state index contributed by atoms with van der Waals surface area (Å²) in [4.78, 5) is 8.44. The van der Waals surface area contributed by atoms with E-state index in [4.69, 9.17) is 11.5 Å². The fraction of sp³-hybridized carbons (Fsp3) is 0.0833. The molecule has 0 unspecified atom stereocenters. The van der Waals surface area contributed by atoms with Crippen LogP contribution in [0, 0.1) is 0 Å². The fourth-order valence-electron chi connectivity index (χ4n) is 1.81. The first-order chi connectivity index (χ1) is 8.63. The highest BCUT2D eigenvalue weighted by Gasteiger charge is 2.06. The summed E-state index contributed by atoms with van der Waals surface area (Å²) in [6.07, 6.45) is 1.54. The van der Waals surface area contributed by atoms with Crippen LogP contribution in [-0.2, 0) is 7.05 Å². The molecule has 0 atom stereocenters. The van der Waals surface area contributed by atoms with Gasteiger partial charge >= 0.3 is 0 Å². The summed E-state index contributed by atoms with van der Waals surface area (Å²) in [5, 5.41) is 4.32. The van der Waals surface area contributed by atoms with E-state index in [1.165, 1.54) is 0 Å². The summed E-state index contributed by atoms with van der Waals surface area (Å²) in [6, 6.07) is 7.55. The Kier molecular flexibility index (Phi) is 2.16. The van der Waals surface area contributed by atoms with E-state index in [2.05, 4.69) is 15.1 Å². The van der Waals surface area contributed by atoms with Crippen molar-refractivity contribution >= 4 is 22.7 Å².